The van der Waals surface area contributed by atoms with Crippen LogP contribution in [0.4, 0.5) is 0 Å². The normalized spacial score (nSPS) is 12.6. The van der Waals surface area contributed by atoms with Crippen molar-refractivity contribution in [2.75, 3.05) is 6.61 Å². The van der Waals surface area contributed by atoms with Crippen LogP contribution in [0.25, 0.3) is 0 Å². The molecule has 0 spiro atoms. The SMILES string of the molecule is C=C(CO[Si](CC)(CC)CC)[SiH2]Cl. The van der Waals surface area contributed by atoms with Gasteiger partial charge in [-0.05, 0) is 18.1 Å². The largest absolute Gasteiger partial charge is 0.413 e. The molecule has 0 aliphatic carbocycles. The first-order valence-corrected chi connectivity index (χ1v) is 10.4. The molecule has 0 fully saturated rings. The molecule has 0 heterocycles. The Kier molecular flexibility index (Phi) is 7.04. The molecule has 0 aliphatic rings. The van der Waals surface area contributed by atoms with Gasteiger partial charge in [-0.3, -0.25) is 0 Å². The molecular formula is C9H21ClOSi2. The van der Waals surface area contributed by atoms with E-state index in [4.69, 9.17) is 15.5 Å². The van der Waals surface area contributed by atoms with Gasteiger partial charge in [0.05, 0.1) is 6.61 Å². The van der Waals surface area contributed by atoms with Gasteiger partial charge in [0, 0.05) is 0 Å². The second-order valence-corrected chi connectivity index (χ2v) is 10.3. The number of rotatable bonds is 7. The zero-order valence-corrected chi connectivity index (χ0v) is 12.2. The molecule has 0 N–H and O–H groups in total. The van der Waals surface area contributed by atoms with Crippen LogP contribution in [-0.4, -0.2) is 23.8 Å². The molecule has 0 aromatic rings. The fourth-order valence-corrected chi connectivity index (χ4v) is 4.59. The lowest BCUT2D eigenvalue weighted by molar-refractivity contribution is 0.339. The van der Waals surface area contributed by atoms with Crippen LogP contribution in [0.3, 0.4) is 0 Å². The number of hydrogen-bond acceptors (Lipinski definition) is 1. The minimum Gasteiger partial charge on any atom is -0.413 e. The highest BCUT2D eigenvalue weighted by atomic mass is 35.6. The average Bonchev–Trinajstić information content (AvgIpc) is 2.20. The fourth-order valence-electron chi connectivity index (χ4n) is 1.35. The van der Waals surface area contributed by atoms with Gasteiger partial charge in [-0.15, -0.1) is 6.58 Å². The Morgan fingerprint density at radius 1 is 1.31 bits per heavy atom. The molecule has 0 rings (SSSR count). The minimum absolute atomic E-state index is 0.579. The lowest BCUT2D eigenvalue weighted by Crippen LogP contribution is -2.36. The molecule has 78 valence electrons. The maximum atomic E-state index is 6.02. The molecule has 0 saturated heterocycles. The van der Waals surface area contributed by atoms with Crippen molar-refractivity contribution in [1.29, 1.82) is 0 Å². The molecule has 1 nitrogen and oxygen atoms in total. The average molecular weight is 237 g/mol. The first kappa shape index (κ1) is 13.4. The van der Waals surface area contributed by atoms with Crippen LogP contribution in [0.1, 0.15) is 20.8 Å². The molecule has 0 amide bonds. The zero-order valence-electron chi connectivity index (χ0n) is 9.03. The lowest BCUT2D eigenvalue weighted by atomic mass is 10.7. The van der Waals surface area contributed by atoms with E-state index in [0.717, 1.165) is 11.8 Å². The summed E-state index contributed by atoms with van der Waals surface area (Å²) in [6, 6.07) is 3.62. The zero-order chi connectivity index (χ0) is 10.3. The Balaban J connectivity index is 4.02. The predicted octanol–water partition coefficient (Wildman–Crippen LogP) is 2.84. The van der Waals surface area contributed by atoms with E-state index in [1.54, 1.807) is 0 Å². The van der Waals surface area contributed by atoms with Gasteiger partial charge >= 0.3 is 0 Å². The minimum atomic E-state index is -1.39. The van der Waals surface area contributed by atoms with E-state index in [-0.39, 0.29) is 0 Å². The molecule has 0 bridgehead atoms. The van der Waals surface area contributed by atoms with E-state index in [9.17, 15) is 0 Å². The van der Waals surface area contributed by atoms with Crippen molar-refractivity contribution in [3.8, 4) is 0 Å². The van der Waals surface area contributed by atoms with E-state index in [2.05, 4.69) is 27.4 Å². The summed E-state index contributed by atoms with van der Waals surface area (Å²) in [6.07, 6.45) is 0. The van der Waals surface area contributed by atoms with Gasteiger partial charge in [0.2, 0.25) is 0 Å². The maximum Gasteiger partial charge on any atom is 0.192 e. The summed E-state index contributed by atoms with van der Waals surface area (Å²) in [5.74, 6) is 0. The van der Waals surface area contributed by atoms with Crippen LogP contribution >= 0.6 is 11.1 Å². The Morgan fingerprint density at radius 3 is 2.08 bits per heavy atom. The molecule has 0 atom stereocenters. The van der Waals surface area contributed by atoms with Gasteiger partial charge in [-0.25, -0.2) is 0 Å². The van der Waals surface area contributed by atoms with E-state index >= 15 is 0 Å². The highest BCUT2D eigenvalue weighted by molar-refractivity contribution is 6.97. The van der Waals surface area contributed by atoms with Gasteiger partial charge in [-0.1, -0.05) is 26.0 Å². The van der Waals surface area contributed by atoms with Crippen LogP contribution in [0, 0.1) is 0 Å². The van der Waals surface area contributed by atoms with Crippen LogP contribution in [0.15, 0.2) is 11.8 Å². The molecule has 0 aromatic heterocycles. The van der Waals surface area contributed by atoms with Crippen LogP contribution in [0.2, 0.25) is 18.1 Å². The summed E-state index contributed by atoms with van der Waals surface area (Å²) in [7, 11) is -1.97. The van der Waals surface area contributed by atoms with E-state index < -0.39 is 17.1 Å². The Labute approximate surface area is 90.2 Å². The van der Waals surface area contributed by atoms with Crippen LogP contribution in [-0.2, 0) is 4.43 Å². The van der Waals surface area contributed by atoms with Gasteiger partial charge in [0.25, 0.3) is 0 Å². The summed E-state index contributed by atoms with van der Waals surface area (Å²) in [5.41, 5.74) is 0. The summed E-state index contributed by atoms with van der Waals surface area (Å²) in [6.45, 7) is 11.3. The van der Waals surface area contributed by atoms with Gasteiger partial charge in [-0.2, -0.15) is 11.1 Å². The van der Waals surface area contributed by atoms with Crippen molar-refractivity contribution >= 4 is 28.2 Å². The monoisotopic (exact) mass is 236 g/mol. The van der Waals surface area contributed by atoms with Gasteiger partial charge in [0.15, 0.2) is 17.1 Å². The van der Waals surface area contributed by atoms with Crippen molar-refractivity contribution in [3.63, 3.8) is 0 Å². The van der Waals surface area contributed by atoms with Gasteiger partial charge < -0.3 is 4.43 Å². The number of hydrogen-bond donors (Lipinski definition) is 0. The fraction of sp³-hybridized carbons (Fsp3) is 0.778. The van der Waals surface area contributed by atoms with Gasteiger partial charge in [0.1, 0.15) is 0 Å². The molecule has 4 heteroatoms. The van der Waals surface area contributed by atoms with Crippen molar-refractivity contribution in [3.05, 3.63) is 11.8 Å². The third-order valence-corrected chi connectivity index (χ3v) is 9.04. The Hall–Kier alpha value is 0.424. The quantitative estimate of drug-likeness (QED) is 0.488. The van der Waals surface area contributed by atoms with Crippen LogP contribution in [0.5, 0.6) is 0 Å². The second-order valence-electron chi connectivity index (χ2n) is 3.42. The highest BCUT2D eigenvalue weighted by Crippen LogP contribution is 2.21. The van der Waals surface area contributed by atoms with E-state index in [0.29, 0.717) is 0 Å². The second kappa shape index (κ2) is 6.82. The third-order valence-electron chi connectivity index (χ3n) is 2.70. The number of halogens is 1. The first-order valence-electron chi connectivity index (χ1n) is 5.00. The molecular weight excluding hydrogens is 216 g/mol. The molecule has 0 unspecified atom stereocenters. The highest BCUT2D eigenvalue weighted by Gasteiger charge is 2.28. The summed E-state index contributed by atoms with van der Waals surface area (Å²) in [4.78, 5) is 0. The van der Waals surface area contributed by atoms with E-state index in [1.165, 1.54) is 18.1 Å². The smallest absolute Gasteiger partial charge is 0.192 e. The lowest BCUT2D eigenvalue weighted by Gasteiger charge is -2.28. The maximum absolute atomic E-state index is 6.02. The summed E-state index contributed by atoms with van der Waals surface area (Å²) >= 11 is 5.79. The standard InChI is InChI=1S/C9H21ClOSi2/c1-5-13(6-2,7-3)11-8-9(4)12-10/h4-8,12H2,1-3H3. The van der Waals surface area contributed by atoms with Crippen molar-refractivity contribution in [2.24, 2.45) is 0 Å². The molecule has 0 saturated carbocycles. The van der Waals surface area contributed by atoms with E-state index in [1.807, 2.05) is 0 Å². The summed E-state index contributed by atoms with van der Waals surface area (Å²) < 4.78 is 6.02. The Morgan fingerprint density at radius 2 is 1.77 bits per heavy atom. The predicted molar refractivity (Wildman–Crippen MR) is 66.7 cm³/mol. The van der Waals surface area contributed by atoms with Crippen molar-refractivity contribution in [2.45, 2.75) is 38.9 Å². The summed E-state index contributed by atoms with van der Waals surface area (Å²) in [5, 5.41) is 1.13. The topological polar surface area (TPSA) is 9.23 Å². The first-order chi connectivity index (χ1) is 6.14. The molecule has 13 heavy (non-hydrogen) atoms. The van der Waals surface area contributed by atoms with Crippen LogP contribution < -0.4 is 0 Å². The molecule has 0 aliphatic heterocycles. The Bertz CT molecular complexity index is 149. The van der Waals surface area contributed by atoms with Crippen molar-refractivity contribution in [1.82, 2.24) is 0 Å². The third kappa shape index (κ3) is 4.45. The van der Waals surface area contributed by atoms with Crippen molar-refractivity contribution < 1.29 is 4.43 Å². The molecule has 0 aromatic carbocycles. The molecule has 0 radical (unpaired) electrons.